The van der Waals surface area contributed by atoms with Gasteiger partial charge >= 0.3 is 0 Å². The fraction of sp³-hybridized carbons (Fsp3) is 0.143. The Morgan fingerprint density at radius 1 is 1.05 bits per heavy atom. The molecular weight excluding hydrogens is 401 g/mol. The Morgan fingerprint density at radius 3 is 2.20 bits per heavy atom. The third-order valence-electron chi connectivity index (χ3n) is 2.76. The molecule has 1 nitrogen and oxygen atoms in total. The molecule has 0 aliphatic rings. The Balaban J connectivity index is 2.57. The summed E-state index contributed by atoms with van der Waals surface area (Å²) in [6.45, 7) is 0. The van der Waals surface area contributed by atoms with Gasteiger partial charge in [-0.3, -0.25) is 0 Å². The first-order valence-electron chi connectivity index (χ1n) is 5.56. The predicted molar refractivity (Wildman–Crippen MR) is 77.8 cm³/mol. The molecule has 0 bridgehead atoms. The van der Waals surface area contributed by atoms with Crippen LogP contribution in [0, 0.1) is 17.5 Å². The fourth-order valence-electron chi connectivity index (χ4n) is 1.85. The minimum absolute atomic E-state index is 0.197. The van der Waals surface area contributed by atoms with Gasteiger partial charge in [0, 0.05) is 15.6 Å². The predicted octanol–water partition coefficient (Wildman–Crippen LogP) is 5.36. The van der Waals surface area contributed by atoms with Gasteiger partial charge in [0.1, 0.15) is 23.2 Å². The van der Waals surface area contributed by atoms with Gasteiger partial charge in [-0.15, -0.1) is 0 Å². The highest BCUT2D eigenvalue weighted by Crippen LogP contribution is 2.39. The third-order valence-corrected chi connectivity index (χ3v) is 4.17. The molecule has 0 spiro atoms. The molecule has 0 aromatic heterocycles. The molecule has 20 heavy (non-hydrogen) atoms. The van der Waals surface area contributed by atoms with E-state index in [-0.39, 0.29) is 5.56 Å². The van der Waals surface area contributed by atoms with Crippen LogP contribution in [0.2, 0.25) is 0 Å². The van der Waals surface area contributed by atoms with Crippen LogP contribution in [0.4, 0.5) is 13.2 Å². The summed E-state index contributed by atoms with van der Waals surface area (Å²) in [6, 6.07) is 6.11. The maximum Gasteiger partial charge on any atom is 0.131 e. The molecule has 1 unspecified atom stereocenters. The van der Waals surface area contributed by atoms with Gasteiger partial charge in [0.2, 0.25) is 0 Å². The van der Waals surface area contributed by atoms with Crippen LogP contribution in [0.3, 0.4) is 0 Å². The average molecular weight is 410 g/mol. The normalized spacial score (nSPS) is 12.3. The molecule has 0 heterocycles. The first-order chi connectivity index (χ1) is 9.43. The molecule has 0 aliphatic heterocycles. The molecule has 106 valence electrons. The van der Waals surface area contributed by atoms with E-state index in [2.05, 4.69) is 31.9 Å². The SMILES string of the molecule is COc1ccc(F)cc1C(Br)c1c(F)cc(Br)cc1F. The molecule has 0 saturated heterocycles. The zero-order valence-electron chi connectivity index (χ0n) is 10.3. The number of alkyl halides is 1. The van der Waals surface area contributed by atoms with Crippen LogP contribution < -0.4 is 4.74 Å². The summed E-state index contributed by atoms with van der Waals surface area (Å²) < 4.78 is 46.6. The van der Waals surface area contributed by atoms with Crippen molar-refractivity contribution in [1.29, 1.82) is 0 Å². The third kappa shape index (κ3) is 3.01. The van der Waals surface area contributed by atoms with Crippen molar-refractivity contribution in [1.82, 2.24) is 0 Å². The van der Waals surface area contributed by atoms with Gasteiger partial charge in [-0.25, -0.2) is 13.2 Å². The zero-order chi connectivity index (χ0) is 14.9. The lowest BCUT2D eigenvalue weighted by atomic mass is 10.0. The number of halogens is 5. The van der Waals surface area contributed by atoms with Gasteiger partial charge < -0.3 is 4.74 Å². The largest absolute Gasteiger partial charge is 0.496 e. The molecule has 0 N–H and O–H groups in total. The lowest BCUT2D eigenvalue weighted by Crippen LogP contribution is -2.03. The Kier molecular flexibility index (Phi) is 4.75. The van der Waals surface area contributed by atoms with E-state index in [1.165, 1.54) is 25.3 Å². The monoisotopic (exact) mass is 408 g/mol. The minimum atomic E-state index is -0.860. The number of methoxy groups -OCH3 is 1. The molecule has 1 atom stereocenters. The van der Waals surface area contributed by atoms with Crippen molar-refractivity contribution in [3.05, 3.63) is 63.4 Å². The number of hydrogen-bond donors (Lipinski definition) is 0. The highest BCUT2D eigenvalue weighted by Gasteiger charge is 2.23. The van der Waals surface area contributed by atoms with Crippen molar-refractivity contribution in [2.75, 3.05) is 7.11 Å². The van der Waals surface area contributed by atoms with Gasteiger partial charge in [0.15, 0.2) is 0 Å². The summed E-state index contributed by atoms with van der Waals surface area (Å²) in [6.07, 6.45) is 0. The molecular formula is C14H9Br2F3O. The molecule has 0 aliphatic carbocycles. The summed E-state index contributed by atoms with van der Waals surface area (Å²) in [5, 5.41) is 0. The van der Waals surface area contributed by atoms with Crippen molar-refractivity contribution in [3.63, 3.8) is 0 Å². The van der Waals surface area contributed by atoms with Crippen molar-refractivity contribution in [2.45, 2.75) is 4.83 Å². The summed E-state index contributed by atoms with van der Waals surface area (Å²) in [4.78, 5) is -0.860. The van der Waals surface area contributed by atoms with Gasteiger partial charge in [-0.2, -0.15) is 0 Å². The Bertz CT molecular complexity index is 623. The molecule has 2 aromatic rings. The maximum atomic E-state index is 13.9. The molecule has 2 aromatic carbocycles. The van der Waals surface area contributed by atoms with Crippen LogP contribution in [0.1, 0.15) is 16.0 Å². The summed E-state index contributed by atoms with van der Waals surface area (Å²) >= 11 is 6.22. The molecule has 0 radical (unpaired) electrons. The second-order valence-corrected chi connectivity index (χ2v) is 5.86. The summed E-state index contributed by atoms with van der Waals surface area (Å²) in [5.41, 5.74) is 0.115. The van der Waals surface area contributed by atoms with E-state index in [0.29, 0.717) is 15.8 Å². The lowest BCUT2D eigenvalue weighted by molar-refractivity contribution is 0.408. The van der Waals surface area contributed by atoms with Crippen molar-refractivity contribution >= 4 is 31.9 Å². The Labute approximate surface area is 131 Å². The smallest absolute Gasteiger partial charge is 0.131 e. The molecule has 0 amide bonds. The van der Waals surface area contributed by atoms with E-state index in [1.807, 2.05) is 0 Å². The van der Waals surface area contributed by atoms with Crippen LogP contribution in [0.25, 0.3) is 0 Å². The van der Waals surface area contributed by atoms with Crippen molar-refractivity contribution in [3.8, 4) is 5.75 Å². The molecule has 0 saturated carbocycles. The quantitative estimate of drug-likeness (QED) is 0.620. The highest BCUT2D eigenvalue weighted by atomic mass is 79.9. The standard InChI is InChI=1S/C14H9Br2F3O/c1-20-12-3-2-8(17)6-9(12)14(16)13-10(18)4-7(15)5-11(13)19/h2-6,14H,1H3. The van der Waals surface area contributed by atoms with Crippen LogP contribution in [0.15, 0.2) is 34.8 Å². The summed E-state index contributed by atoms with van der Waals surface area (Å²) in [5.74, 6) is -1.63. The van der Waals surface area contributed by atoms with Crippen LogP contribution >= 0.6 is 31.9 Å². The first-order valence-corrected chi connectivity index (χ1v) is 7.27. The minimum Gasteiger partial charge on any atom is -0.496 e. The van der Waals surface area contributed by atoms with E-state index in [4.69, 9.17) is 4.74 Å². The van der Waals surface area contributed by atoms with Gasteiger partial charge in [-0.1, -0.05) is 31.9 Å². The topological polar surface area (TPSA) is 9.23 Å². The average Bonchev–Trinajstić information content (AvgIpc) is 2.37. The Hall–Kier alpha value is -1.01. The molecule has 6 heteroatoms. The van der Waals surface area contributed by atoms with Gasteiger partial charge in [0.25, 0.3) is 0 Å². The van der Waals surface area contributed by atoms with Crippen LogP contribution in [-0.4, -0.2) is 7.11 Å². The number of benzene rings is 2. The van der Waals surface area contributed by atoms with E-state index in [1.54, 1.807) is 0 Å². The number of hydrogen-bond acceptors (Lipinski definition) is 1. The summed E-state index contributed by atoms with van der Waals surface area (Å²) in [7, 11) is 1.41. The van der Waals surface area contributed by atoms with E-state index < -0.39 is 22.3 Å². The van der Waals surface area contributed by atoms with E-state index in [9.17, 15) is 13.2 Å². The van der Waals surface area contributed by atoms with Crippen molar-refractivity contribution < 1.29 is 17.9 Å². The second kappa shape index (κ2) is 6.18. The van der Waals surface area contributed by atoms with Gasteiger partial charge in [-0.05, 0) is 30.3 Å². The van der Waals surface area contributed by atoms with Gasteiger partial charge in [0.05, 0.1) is 11.9 Å². The zero-order valence-corrected chi connectivity index (χ0v) is 13.4. The first kappa shape index (κ1) is 15.4. The Morgan fingerprint density at radius 2 is 1.65 bits per heavy atom. The second-order valence-electron chi connectivity index (χ2n) is 4.03. The van der Waals surface area contributed by atoms with E-state index >= 15 is 0 Å². The number of rotatable bonds is 3. The van der Waals surface area contributed by atoms with Crippen molar-refractivity contribution in [2.24, 2.45) is 0 Å². The number of ether oxygens (including phenoxy) is 1. The maximum absolute atomic E-state index is 13.9. The highest BCUT2D eigenvalue weighted by molar-refractivity contribution is 9.10. The van der Waals surface area contributed by atoms with E-state index in [0.717, 1.165) is 12.1 Å². The van der Waals surface area contributed by atoms with Crippen LogP contribution in [0.5, 0.6) is 5.75 Å². The van der Waals surface area contributed by atoms with Crippen LogP contribution in [-0.2, 0) is 0 Å². The fourth-order valence-corrected chi connectivity index (χ4v) is 3.05. The molecule has 2 rings (SSSR count). The lowest BCUT2D eigenvalue weighted by Gasteiger charge is -2.16. The molecule has 0 fully saturated rings.